The number of hydrogen-bond donors (Lipinski definition) is 0. The predicted molar refractivity (Wildman–Crippen MR) is 121 cm³/mol. The molecular weight excluding hydrogens is 434 g/mol. The maximum absolute atomic E-state index is 12.9. The smallest absolute Gasteiger partial charge is 0.215 e. The molecule has 0 fully saturated rings. The third-order valence-corrected chi connectivity index (χ3v) is 8.09. The first-order chi connectivity index (χ1) is 14.8. The van der Waals surface area contributed by atoms with Crippen LogP contribution in [0.4, 0.5) is 0 Å². The molecule has 0 atom stereocenters. The second-order valence-electron chi connectivity index (χ2n) is 8.50. The SMILES string of the molecule is CC(C)CS(=O)(=O)N1Cc2nn(-c3cccc4c3OCC4)c(-c3ccc(Cl)cc3)c2C1. The van der Waals surface area contributed by atoms with Crippen LogP contribution in [0.3, 0.4) is 0 Å². The molecule has 0 amide bonds. The van der Waals surface area contributed by atoms with Gasteiger partial charge < -0.3 is 4.74 Å². The highest BCUT2D eigenvalue weighted by Gasteiger charge is 2.35. The third kappa shape index (κ3) is 3.64. The summed E-state index contributed by atoms with van der Waals surface area (Å²) in [6.45, 7) is 5.10. The molecule has 0 saturated carbocycles. The van der Waals surface area contributed by atoms with Crippen LogP contribution in [0.25, 0.3) is 16.9 Å². The molecule has 6 nitrogen and oxygen atoms in total. The molecule has 0 radical (unpaired) electrons. The largest absolute Gasteiger partial charge is 0.491 e. The summed E-state index contributed by atoms with van der Waals surface area (Å²) in [7, 11) is -3.35. The maximum Gasteiger partial charge on any atom is 0.215 e. The molecule has 1 aromatic heterocycles. The lowest BCUT2D eigenvalue weighted by atomic mass is 10.1. The van der Waals surface area contributed by atoms with Crippen molar-refractivity contribution in [3.8, 4) is 22.7 Å². The number of ether oxygens (including phenoxy) is 1. The van der Waals surface area contributed by atoms with Crippen LogP contribution in [0.15, 0.2) is 42.5 Å². The van der Waals surface area contributed by atoms with Gasteiger partial charge in [0.15, 0.2) is 0 Å². The van der Waals surface area contributed by atoms with Crippen molar-refractivity contribution in [2.24, 2.45) is 5.92 Å². The Morgan fingerprint density at radius 3 is 2.65 bits per heavy atom. The Kier molecular flexibility index (Phi) is 5.07. The summed E-state index contributed by atoms with van der Waals surface area (Å²) in [5.41, 5.74) is 5.59. The zero-order valence-electron chi connectivity index (χ0n) is 17.5. The van der Waals surface area contributed by atoms with Gasteiger partial charge in [-0.15, -0.1) is 0 Å². The molecule has 0 bridgehead atoms. The first-order valence-electron chi connectivity index (χ1n) is 10.4. The molecule has 31 heavy (non-hydrogen) atoms. The van der Waals surface area contributed by atoms with Crippen molar-refractivity contribution in [3.05, 3.63) is 64.3 Å². The van der Waals surface area contributed by atoms with Crippen molar-refractivity contribution < 1.29 is 13.2 Å². The van der Waals surface area contributed by atoms with E-state index in [2.05, 4.69) is 6.07 Å². The normalized spacial score (nSPS) is 15.9. The van der Waals surface area contributed by atoms with Crippen molar-refractivity contribution in [2.45, 2.75) is 33.4 Å². The molecule has 2 aliphatic rings. The fourth-order valence-electron chi connectivity index (χ4n) is 4.35. The molecule has 0 N–H and O–H groups in total. The molecule has 2 aromatic carbocycles. The Morgan fingerprint density at radius 2 is 1.90 bits per heavy atom. The van der Waals surface area contributed by atoms with Gasteiger partial charge in [0.2, 0.25) is 10.0 Å². The van der Waals surface area contributed by atoms with E-state index in [1.165, 1.54) is 0 Å². The lowest BCUT2D eigenvalue weighted by Crippen LogP contribution is -2.30. The van der Waals surface area contributed by atoms with Gasteiger partial charge in [-0.3, -0.25) is 0 Å². The molecule has 0 aliphatic carbocycles. The van der Waals surface area contributed by atoms with E-state index < -0.39 is 10.0 Å². The molecule has 3 heterocycles. The van der Waals surface area contributed by atoms with E-state index in [1.807, 2.05) is 54.9 Å². The van der Waals surface area contributed by atoms with Crippen LogP contribution in [0.1, 0.15) is 30.7 Å². The number of fused-ring (bicyclic) bond motifs is 2. The number of hydrogen-bond acceptors (Lipinski definition) is 4. The van der Waals surface area contributed by atoms with Crippen LogP contribution in [-0.2, 0) is 29.5 Å². The highest BCUT2D eigenvalue weighted by molar-refractivity contribution is 7.89. The van der Waals surface area contributed by atoms with Gasteiger partial charge in [0.1, 0.15) is 11.4 Å². The quantitative estimate of drug-likeness (QED) is 0.568. The highest BCUT2D eigenvalue weighted by Crippen LogP contribution is 2.40. The van der Waals surface area contributed by atoms with E-state index in [0.29, 0.717) is 18.2 Å². The molecule has 162 valence electrons. The van der Waals surface area contributed by atoms with Gasteiger partial charge in [-0.1, -0.05) is 49.7 Å². The topological polar surface area (TPSA) is 64.4 Å². The maximum atomic E-state index is 12.9. The molecule has 2 aliphatic heterocycles. The Labute approximate surface area is 187 Å². The van der Waals surface area contributed by atoms with Gasteiger partial charge in [-0.25, -0.2) is 13.1 Å². The van der Waals surface area contributed by atoms with Crippen LogP contribution in [0.5, 0.6) is 5.75 Å². The van der Waals surface area contributed by atoms with Gasteiger partial charge in [0.05, 0.1) is 30.3 Å². The van der Waals surface area contributed by atoms with Crippen molar-refractivity contribution in [1.29, 1.82) is 0 Å². The van der Waals surface area contributed by atoms with Crippen LogP contribution in [-0.4, -0.2) is 34.9 Å². The van der Waals surface area contributed by atoms with E-state index in [4.69, 9.17) is 21.4 Å². The van der Waals surface area contributed by atoms with Crippen LogP contribution >= 0.6 is 11.6 Å². The van der Waals surface area contributed by atoms with Crippen LogP contribution < -0.4 is 4.74 Å². The molecule has 5 rings (SSSR count). The average molecular weight is 458 g/mol. The minimum atomic E-state index is -3.35. The summed E-state index contributed by atoms with van der Waals surface area (Å²) in [4.78, 5) is 0. The van der Waals surface area contributed by atoms with Crippen molar-refractivity contribution >= 4 is 21.6 Å². The fraction of sp³-hybridized carbons (Fsp3) is 0.348. The van der Waals surface area contributed by atoms with E-state index in [-0.39, 0.29) is 18.2 Å². The zero-order valence-corrected chi connectivity index (χ0v) is 19.1. The van der Waals surface area contributed by atoms with Crippen molar-refractivity contribution in [3.63, 3.8) is 0 Å². The molecule has 8 heteroatoms. The van der Waals surface area contributed by atoms with E-state index in [9.17, 15) is 8.42 Å². The van der Waals surface area contributed by atoms with Gasteiger partial charge in [-0.2, -0.15) is 9.40 Å². The lowest BCUT2D eigenvalue weighted by molar-refractivity contribution is 0.355. The Balaban J connectivity index is 1.64. The fourth-order valence-corrected chi connectivity index (χ4v) is 6.18. The van der Waals surface area contributed by atoms with Crippen LogP contribution in [0.2, 0.25) is 5.02 Å². The summed E-state index contributed by atoms with van der Waals surface area (Å²) < 4.78 is 35.1. The summed E-state index contributed by atoms with van der Waals surface area (Å²) in [6.07, 6.45) is 0.877. The van der Waals surface area contributed by atoms with Gasteiger partial charge in [0.25, 0.3) is 0 Å². The van der Waals surface area contributed by atoms with Crippen molar-refractivity contribution in [2.75, 3.05) is 12.4 Å². The molecule has 0 unspecified atom stereocenters. The average Bonchev–Trinajstić information content (AvgIpc) is 3.41. The van der Waals surface area contributed by atoms with E-state index in [1.54, 1.807) is 4.31 Å². The van der Waals surface area contributed by atoms with Gasteiger partial charge >= 0.3 is 0 Å². The second-order valence-corrected chi connectivity index (χ2v) is 10.9. The lowest BCUT2D eigenvalue weighted by Gasteiger charge is -2.19. The standard InChI is InChI=1S/C23H24ClN3O3S/c1-15(2)14-31(28,29)26-12-19-20(13-26)25-27(22(19)16-6-8-18(24)9-7-16)21-5-3-4-17-10-11-30-23(17)21/h3-9,15H,10-14H2,1-2H3. The molecule has 0 spiro atoms. The Bertz CT molecular complexity index is 1250. The minimum absolute atomic E-state index is 0.0673. The van der Waals surface area contributed by atoms with E-state index >= 15 is 0 Å². The summed E-state index contributed by atoms with van der Waals surface area (Å²) in [6, 6.07) is 13.7. The van der Waals surface area contributed by atoms with E-state index in [0.717, 1.165) is 45.9 Å². The molecular formula is C23H24ClN3O3S. The first kappa shape index (κ1) is 20.5. The zero-order chi connectivity index (χ0) is 21.8. The van der Waals surface area contributed by atoms with Gasteiger partial charge in [-0.05, 0) is 29.7 Å². The number of nitrogens with zero attached hydrogens (tertiary/aromatic N) is 3. The molecule has 3 aromatic rings. The number of halogens is 1. The number of para-hydroxylation sites is 1. The number of sulfonamides is 1. The Hall–Kier alpha value is -2.35. The second kappa shape index (κ2) is 7.65. The predicted octanol–water partition coefficient (Wildman–Crippen LogP) is 4.43. The summed E-state index contributed by atoms with van der Waals surface area (Å²) in [5, 5.41) is 5.53. The number of aromatic nitrogens is 2. The van der Waals surface area contributed by atoms with Crippen molar-refractivity contribution in [1.82, 2.24) is 14.1 Å². The summed E-state index contributed by atoms with van der Waals surface area (Å²) in [5.74, 6) is 1.05. The Morgan fingerprint density at radius 1 is 1.13 bits per heavy atom. The monoisotopic (exact) mass is 457 g/mol. The number of rotatable bonds is 5. The first-order valence-corrected chi connectivity index (χ1v) is 12.4. The third-order valence-electron chi connectivity index (χ3n) is 5.70. The number of benzene rings is 2. The highest BCUT2D eigenvalue weighted by atomic mass is 35.5. The molecule has 0 saturated heterocycles. The minimum Gasteiger partial charge on any atom is -0.491 e. The van der Waals surface area contributed by atoms with Gasteiger partial charge in [0, 0.05) is 29.1 Å². The summed E-state index contributed by atoms with van der Waals surface area (Å²) >= 11 is 6.13. The van der Waals surface area contributed by atoms with Crippen LogP contribution in [0, 0.1) is 5.92 Å².